The van der Waals surface area contributed by atoms with Gasteiger partial charge in [-0.05, 0) is 6.07 Å². The normalized spacial score (nSPS) is 13.8. The molecule has 0 saturated heterocycles. The van der Waals surface area contributed by atoms with Crippen molar-refractivity contribution < 1.29 is 19.9 Å². The molecule has 0 spiro atoms. The number of anilines is 1. The molecule has 2 unspecified atom stereocenters. The molecule has 0 bridgehead atoms. The number of hydrogen-bond acceptors (Lipinski definition) is 7. The lowest BCUT2D eigenvalue weighted by Crippen LogP contribution is -2.22. The van der Waals surface area contributed by atoms with Gasteiger partial charge in [0.25, 0.3) is 5.69 Å². The van der Waals surface area contributed by atoms with E-state index in [1.807, 2.05) is 0 Å². The van der Waals surface area contributed by atoms with Gasteiger partial charge in [0, 0.05) is 29.3 Å². The average Bonchev–Trinajstić information content (AvgIpc) is 2.34. The number of halogens is 1. The zero-order valence-corrected chi connectivity index (χ0v) is 12.0. The first-order valence-corrected chi connectivity index (χ1v) is 6.83. The second kappa shape index (κ2) is 6.89. The molecule has 0 aromatic heterocycles. The maximum atomic E-state index is 10.8. The van der Waals surface area contributed by atoms with E-state index in [0.717, 1.165) is 23.9 Å². The summed E-state index contributed by atoms with van der Waals surface area (Å²) in [6.07, 6.45) is -2.74. The highest BCUT2D eigenvalue weighted by molar-refractivity contribution is 8.13. The topological polar surface area (TPSA) is 127 Å². The van der Waals surface area contributed by atoms with Crippen LogP contribution in [0, 0.1) is 10.1 Å². The number of nitrogens with two attached hydrogens (primary N) is 1. The van der Waals surface area contributed by atoms with Crippen molar-refractivity contribution in [3.05, 3.63) is 32.8 Å². The van der Waals surface area contributed by atoms with Crippen molar-refractivity contribution in [3.63, 3.8) is 0 Å². The van der Waals surface area contributed by atoms with E-state index in [1.54, 1.807) is 0 Å². The smallest absolute Gasteiger partial charge is 0.292 e. The lowest BCUT2D eigenvalue weighted by molar-refractivity contribution is -0.384. The Balaban J connectivity index is 3.02. The molecular weight excluding hydrogens is 308 g/mol. The summed E-state index contributed by atoms with van der Waals surface area (Å²) in [5, 5.41) is 30.3. The highest BCUT2D eigenvalue weighted by Crippen LogP contribution is 2.34. The van der Waals surface area contributed by atoms with Crippen molar-refractivity contribution in [2.75, 3.05) is 11.5 Å². The number of nitrogen functional groups attached to an aromatic ring is 1. The first-order chi connectivity index (χ1) is 9.23. The Labute approximate surface area is 123 Å². The fourth-order valence-corrected chi connectivity index (χ4v) is 2.35. The van der Waals surface area contributed by atoms with Gasteiger partial charge >= 0.3 is 0 Å². The van der Waals surface area contributed by atoms with E-state index < -0.39 is 22.8 Å². The van der Waals surface area contributed by atoms with Gasteiger partial charge < -0.3 is 15.9 Å². The monoisotopic (exact) mass is 320 g/mol. The molecule has 2 atom stereocenters. The molecule has 0 aliphatic rings. The van der Waals surface area contributed by atoms with Gasteiger partial charge in [-0.25, -0.2) is 0 Å². The van der Waals surface area contributed by atoms with Crippen LogP contribution in [0.2, 0.25) is 5.02 Å². The van der Waals surface area contributed by atoms with Crippen molar-refractivity contribution >= 4 is 39.9 Å². The highest BCUT2D eigenvalue weighted by Gasteiger charge is 2.25. The predicted molar refractivity (Wildman–Crippen MR) is 76.6 cm³/mol. The molecule has 0 fully saturated rings. The van der Waals surface area contributed by atoms with Gasteiger partial charge in [0.1, 0.15) is 11.8 Å². The van der Waals surface area contributed by atoms with Gasteiger partial charge in [-0.1, -0.05) is 23.4 Å². The van der Waals surface area contributed by atoms with Gasteiger partial charge in [0.15, 0.2) is 5.12 Å². The number of hydrogen-bond donors (Lipinski definition) is 3. The number of aliphatic hydroxyl groups excluding tert-OH is 2. The molecule has 4 N–H and O–H groups in total. The summed E-state index contributed by atoms with van der Waals surface area (Å²) in [6, 6.07) is 2.16. The maximum Gasteiger partial charge on any atom is 0.292 e. The number of aliphatic hydroxyl groups is 2. The number of nitro groups is 1. The summed E-state index contributed by atoms with van der Waals surface area (Å²) >= 11 is 6.69. The first-order valence-electron chi connectivity index (χ1n) is 5.46. The number of thioether (sulfide) groups is 1. The highest BCUT2D eigenvalue weighted by atomic mass is 35.5. The largest absolute Gasteiger partial charge is 0.393 e. The van der Waals surface area contributed by atoms with E-state index in [4.69, 9.17) is 17.3 Å². The van der Waals surface area contributed by atoms with Crippen LogP contribution in [0.5, 0.6) is 0 Å². The third-order valence-electron chi connectivity index (χ3n) is 2.48. The second-order valence-electron chi connectivity index (χ2n) is 4.00. The molecule has 110 valence electrons. The van der Waals surface area contributed by atoms with Crippen molar-refractivity contribution in [2.45, 2.75) is 19.1 Å². The Hall–Kier alpha value is -1.35. The first kappa shape index (κ1) is 16.7. The van der Waals surface area contributed by atoms with Crippen molar-refractivity contribution in [1.82, 2.24) is 0 Å². The third-order valence-corrected chi connectivity index (χ3v) is 3.73. The van der Waals surface area contributed by atoms with E-state index in [-0.39, 0.29) is 27.1 Å². The summed E-state index contributed by atoms with van der Waals surface area (Å²) < 4.78 is 0. The number of benzene rings is 1. The maximum absolute atomic E-state index is 10.8. The molecular formula is C11H13ClN2O5S. The van der Waals surface area contributed by atoms with Gasteiger partial charge in [-0.15, -0.1) is 0 Å². The lowest BCUT2D eigenvalue weighted by Gasteiger charge is -2.18. The predicted octanol–water partition coefficient (Wildman–Crippen LogP) is 1.50. The van der Waals surface area contributed by atoms with Crippen LogP contribution in [0.1, 0.15) is 18.6 Å². The Morgan fingerprint density at radius 3 is 2.65 bits per heavy atom. The van der Waals surface area contributed by atoms with E-state index in [2.05, 4.69) is 0 Å². The number of carbonyl (C=O) groups is 1. The zero-order valence-electron chi connectivity index (χ0n) is 10.4. The molecule has 0 heterocycles. The summed E-state index contributed by atoms with van der Waals surface area (Å²) in [4.78, 5) is 20.9. The van der Waals surface area contributed by atoms with Crippen LogP contribution in [-0.2, 0) is 4.79 Å². The molecule has 0 radical (unpaired) electrons. The minimum absolute atomic E-state index is 0.00692. The van der Waals surface area contributed by atoms with Gasteiger partial charge in [0.05, 0.1) is 11.0 Å². The molecule has 0 aliphatic carbocycles. The van der Waals surface area contributed by atoms with Gasteiger partial charge in [-0.3, -0.25) is 14.9 Å². The third kappa shape index (κ3) is 4.07. The molecule has 0 aliphatic heterocycles. The van der Waals surface area contributed by atoms with Gasteiger partial charge in [-0.2, -0.15) is 0 Å². The molecule has 1 aromatic rings. The summed E-state index contributed by atoms with van der Waals surface area (Å²) in [6.45, 7) is 1.32. The Morgan fingerprint density at radius 1 is 1.55 bits per heavy atom. The molecule has 1 rings (SSSR count). The van der Waals surface area contributed by atoms with Crippen LogP contribution >= 0.6 is 23.4 Å². The van der Waals surface area contributed by atoms with Crippen molar-refractivity contribution in [2.24, 2.45) is 0 Å². The molecule has 0 amide bonds. The number of nitro benzene ring substituents is 1. The summed E-state index contributed by atoms with van der Waals surface area (Å²) in [5.74, 6) is -0.0506. The minimum atomic E-state index is -1.45. The Morgan fingerprint density at radius 2 is 2.15 bits per heavy atom. The molecule has 1 aromatic carbocycles. The molecule has 0 saturated carbocycles. The van der Waals surface area contributed by atoms with E-state index >= 15 is 0 Å². The molecule has 9 heteroatoms. The zero-order chi connectivity index (χ0) is 15.4. The fourth-order valence-electron chi connectivity index (χ4n) is 1.48. The quantitative estimate of drug-likeness (QED) is 0.426. The lowest BCUT2D eigenvalue weighted by atomic mass is 10.0. The number of rotatable bonds is 5. The standard InChI is InChI=1S/C11H13ClN2O5S/c1-5(15)20-4-10(16)11(17)6-2-9(14(18)19)8(13)3-7(6)12/h2-3,10-11,16-17H,4,13H2,1H3. The van der Waals surface area contributed by atoms with E-state index in [1.165, 1.54) is 6.92 Å². The summed E-state index contributed by atoms with van der Waals surface area (Å²) in [5.41, 5.74) is 4.89. The second-order valence-corrected chi connectivity index (χ2v) is 5.61. The SMILES string of the molecule is CC(=O)SCC(O)C(O)c1cc([N+](=O)[O-])c(N)cc1Cl. The number of nitrogens with zero attached hydrogens (tertiary/aromatic N) is 1. The fraction of sp³-hybridized carbons (Fsp3) is 0.364. The van der Waals surface area contributed by atoms with E-state index in [0.29, 0.717) is 0 Å². The van der Waals surface area contributed by atoms with Crippen LogP contribution in [0.3, 0.4) is 0 Å². The van der Waals surface area contributed by atoms with E-state index in [9.17, 15) is 25.1 Å². The van der Waals surface area contributed by atoms with Crippen molar-refractivity contribution in [1.29, 1.82) is 0 Å². The summed E-state index contributed by atoms with van der Waals surface area (Å²) in [7, 11) is 0. The van der Waals surface area contributed by atoms with Crippen LogP contribution in [0.4, 0.5) is 11.4 Å². The molecule has 7 nitrogen and oxygen atoms in total. The Kier molecular flexibility index (Phi) is 5.75. The Bertz CT molecular complexity index is 540. The van der Waals surface area contributed by atoms with Crippen molar-refractivity contribution in [3.8, 4) is 0 Å². The van der Waals surface area contributed by atoms with Gasteiger partial charge in [0.2, 0.25) is 0 Å². The number of carbonyl (C=O) groups excluding carboxylic acids is 1. The minimum Gasteiger partial charge on any atom is -0.393 e. The van der Waals surface area contributed by atoms with Crippen LogP contribution < -0.4 is 5.73 Å². The molecule has 20 heavy (non-hydrogen) atoms. The average molecular weight is 321 g/mol. The van der Waals surface area contributed by atoms with Crippen LogP contribution in [0.15, 0.2) is 12.1 Å². The van der Waals surface area contributed by atoms with Crippen LogP contribution in [0.25, 0.3) is 0 Å². The van der Waals surface area contributed by atoms with Crippen LogP contribution in [-0.4, -0.2) is 32.1 Å².